The molecule has 16 heteroatoms. The van der Waals surface area contributed by atoms with Gasteiger partial charge in [-0.15, -0.1) is 0 Å². The number of fused-ring (bicyclic) bond motifs is 2. The Balaban J connectivity index is 0.000000315. The SMILES string of the molecule is O=C(O)c1ccc2ccccc2c1O.O=C(O)c1ccc2ccccc2c1[O-].[2H]c1cc([2H])c(C([2H])([2H])C([2H])([2H])C([2H])([2H])C([2H])([2H])OC([2H])([2H])CCCCC([2H])([2H])NCC(O)c2ccc(O)c(CO)c2)c([2H])c1.[2H]c1cc([2H])c(C([2H])([2H])C([2H])([2H])C([2H])([2H])C([2H])([2H])OC([2H])([2H])CCCCC([2H])([2H])[NH2+]CC(O)c2ccc(O)c(CO)c2)c([2H])c1. The Morgan fingerprint density at radius 3 is 1.56 bits per heavy atom. The number of ether oxygens (including phenoxy) is 2. The molecule has 0 saturated heterocycles. The fourth-order valence-electron chi connectivity index (χ4n) is 7.59. The average molecular weight is 1240 g/mol. The standard InChI is InChI=1S/2C25H37NO4.2C11H8O3/c2*27-20-23-18-22(13-14-24(23)28)25(29)19-26-15-7-1-2-8-16-30-17-9-6-12-21-10-4-3-5-11-21;2*12-10-8-4-2-1-3-7(8)5-6-9(10)11(13)14/h2*3-5,10-11,13-14,18,25-29H,1-2,6-9,12,15-17,19-20H2;2*1-6,12H,(H,13,14)/i2*3D,6D2,9D2,10D,11D,12D2,15D2,16D2,17D2;;. The lowest BCUT2D eigenvalue weighted by Crippen LogP contribution is -2.85. The predicted molar refractivity (Wildman–Crippen MR) is 343 cm³/mol. The largest absolute Gasteiger partial charge is 0.871 e. The summed E-state index contributed by atoms with van der Waals surface area (Å²) in [6.07, 6.45) is -26.2. The number of nitrogens with one attached hydrogen (secondary N) is 1. The first-order valence-corrected chi connectivity index (χ1v) is 27.3. The minimum Gasteiger partial charge on any atom is -0.871 e. The Morgan fingerprint density at radius 1 is 0.545 bits per heavy atom. The van der Waals surface area contributed by atoms with Crippen molar-refractivity contribution in [2.24, 2.45) is 0 Å². The molecule has 8 aromatic carbocycles. The minimum atomic E-state index is -3.88. The number of phenols is 3. The third-order valence-electron chi connectivity index (χ3n) is 12.2. The molecule has 0 aromatic heterocycles. The van der Waals surface area contributed by atoms with Crippen molar-refractivity contribution in [3.8, 4) is 23.0 Å². The second kappa shape index (κ2) is 41.3. The van der Waals surface area contributed by atoms with E-state index in [0.717, 1.165) is 35.0 Å². The molecule has 0 bridgehead atoms. The zero-order valence-electron chi connectivity index (χ0n) is 77.5. The Hall–Kier alpha value is -7.90. The Morgan fingerprint density at radius 2 is 1.02 bits per heavy atom. The molecule has 0 radical (unpaired) electrons. The van der Waals surface area contributed by atoms with Crippen molar-refractivity contribution in [2.45, 2.75) is 115 Å². The highest BCUT2D eigenvalue weighted by Crippen LogP contribution is 2.29. The van der Waals surface area contributed by atoms with Gasteiger partial charge in [0.05, 0.1) is 53.3 Å². The number of benzene rings is 8. The smallest absolute Gasteiger partial charge is 0.339 e. The van der Waals surface area contributed by atoms with E-state index in [1.54, 1.807) is 42.5 Å². The highest BCUT2D eigenvalue weighted by Gasteiger charge is 2.14. The maximum absolute atomic E-state index is 11.6. The van der Waals surface area contributed by atoms with Gasteiger partial charge in [-0.25, -0.2) is 9.59 Å². The van der Waals surface area contributed by atoms with E-state index in [4.69, 9.17) is 60.8 Å². The highest BCUT2D eigenvalue weighted by atomic mass is 16.5. The van der Waals surface area contributed by atoms with Gasteiger partial charge in [-0.1, -0.05) is 158 Å². The summed E-state index contributed by atoms with van der Waals surface area (Å²) in [5.41, 5.74) is -1.02. The molecule has 16 nitrogen and oxygen atoms in total. The van der Waals surface area contributed by atoms with Crippen LogP contribution < -0.4 is 15.7 Å². The van der Waals surface area contributed by atoms with Crippen molar-refractivity contribution in [3.63, 3.8) is 0 Å². The molecular formula is C72H90N2O14. The molecule has 0 heterocycles. The van der Waals surface area contributed by atoms with Crippen LogP contribution in [0.4, 0.5) is 0 Å². The Bertz CT molecular complexity index is 4450. The zero-order valence-corrected chi connectivity index (χ0v) is 47.5. The molecule has 0 aliphatic carbocycles. The summed E-state index contributed by atoms with van der Waals surface area (Å²) < 4.78 is 252. The van der Waals surface area contributed by atoms with Crippen molar-refractivity contribution >= 4 is 33.5 Å². The quantitative estimate of drug-likeness (QED) is 0.0167. The van der Waals surface area contributed by atoms with Crippen LogP contribution in [0, 0.1) is 0 Å². The second-order valence-electron chi connectivity index (χ2n) is 18.4. The van der Waals surface area contributed by atoms with E-state index >= 15 is 0 Å². The molecule has 8 aromatic rings. The number of nitrogens with two attached hydrogens (primary N) is 1. The summed E-state index contributed by atoms with van der Waals surface area (Å²) in [5.74, 6) is -3.20. The third-order valence-corrected chi connectivity index (χ3v) is 12.2. The van der Waals surface area contributed by atoms with Crippen LogP contribution in [0.1, 0.15) is 184 Å². The molecule has 88 heavy (non-hydrogen) atoms. The summed E-state index contributed by atoms with van der Waals surface area (Å²) in [6, 6.07) is 27.8. The lowest BCUT2D eigenvalue weighted by molar-refractivity contribution is -0.662. The fourth-order valence-corrected chi connectivity index (χ4v) is 7.59. The van der Waals surface area contributed by atoms with E-state index in [1.165, 1.54) is 53.8 Å². The number of carboxylic acids is 2. The van der Waals surface area contributed by atoms with E-state index < -0.39 is 169 Å². The summed E-state index contributed by atoms with van der Waals surface area (Å²) in [4.78, 5) is 21.4. The fraction of sp³-hybridized carbons (Fsp3) is 0.361. The molecular weight excluding hydrogens is 1120 g/mol. The number of hydrogen-bond donors (Lipinski definition) is 11. The number of hydrogen-bond acceptors (Lipinski definition) is 13. The number of carbonyl (C=O) groups is 2. The number of carboxylic acid groups (broad SMARTS) is 2. The van der Waals surface area contributed by atoms with Gasteiger partial charge in [0.15, 0.2) is 0 Å². The van der Waals surface area contributed by atoms with Gasteiger partial charge in [0.1, 0.15) is 35.5 Å². The molecule has 0 saturated carbocycles. The van der Waals surface area contributed by atoms with Crippen LogP contribution in [-0.4, -0.2) is 110 Å². The van der Waals surface area contributed by atoms with E-state index in [0.29, 0.717) is 21.9 Å². The van der Waals surface area contributed by atoms with Crippen molar-refractivity contribution < 1.29 is 117 Å². The maximum Gasteiger partial charge on any atom is 0.339 e. The summed E-state index contributed by atoms with van der Waals surface area (Å²) in [6.45, 7) is -18.6. The molecule has 472 valence electrons. The van der Waals surface area contributed by atoms with Gasteiger partial charge < -0.3 is 71.2 Å². The number of quaternary nitrogens is 1. The van der Waals surface area contributed by atoms with E-state index in [-0.39, 0.29) is 103 Å². The van der Waals surface area contributed by atoms with Crippen LogP contribution in [-0.2, 0) is 35.4 Å². The molecule has 2 unspecified atom stereocenters. The van der Waals surface area contributed by atoms with Gasteiger partial charge in [0, 0.05) is 68.5 Å². The first kappa shape index (κ1) is 38.5. The molecule has 8 rings (SSSR count). The number of aromatic carboxylic acids is 2. The lowest BCUT2D eigenvalue weighted by Gasteiger charge is -2.14. The maximum atomic E-state index is 11.6. The third kappa shape index (κ3) is 25.8. The van der Waals surface area contributed by atoms with Crippen LogP contribution in [0.3, 0.4) is 0 Å². The van der Waals surface area contributed by atoms with Crippen molar-refractivity contribution in [3.05, 3.63) is 214 Å². The van der Waals surface area contributed by atoms with E-state index in [1.807, 2.05) is 18.2 Å². The average Bonchev–Trinajstić information content (AvgIpc) is 0.722. The lowest BCUT2D eigenvalue weighted by atomic mass is 10.1. The molecule has 0 aliphatic rings. The van der Waals surface area contributed by atoms with Crippen molar-refractivity contribution in [2.75, 3.05) is 52.3 Å². The molecule has 0 spiro atoms. The Kier molecular flexibility index (Phi) is 18.1. The number of unbranched alkanes of at least 4 members (excludes halogenated alkanes) is 2. The van der Waals surface area contributed by atoms with Crippen LogP contribution in [0.25, 0.3) is 21.5 Å². The number of aromatic hydroxyl groups is 3. The first-order valence-electron chi connectivity index (χ1n) is 42.3. The van der Waals surface area contributed by atoms with Crippen molar-refractivity contribution in [1.82, 2.24) is 5.32 Å². The predicted octanol–water partition coefficient (Wildman–Crippen LogP) is 11.0. The van der Waals surface area contributed by atoms with Gasteiger partial charge in [-0.3, -0.25) is 0 Å². The van der Waals surface area contributed by atoms with E-state index in [9.17, 15) is 50.4 Å². The van der Waals surface area contributed by atoms with Crippen LogP contribution >= 0.6 is 0 Å². The monoisotopic (exact) mass is 1240 g/mol. The molecule has 0 amide bonds. The first-order chi connectivity index (χ1) is 54.0. The van der Waals surface area contributed by atoms with Gasteiger partial charge in [0.2, 0.25) is 0 Å². The summed E-state index contributed by atoms with van der Waals surface area (Å²) >= 11 is 0. The number of aliphatic hydroxyl groups is 4. The number of rotatable bonds is 34. The van der Waals surface area contributed by atoms with Gasteiger partial charge in [0.25, 0.3) is 0 Å². The van der Waals surface area contributed by atoms with E-state index in [2.05, 4.69) is 5.32 Å². The summed E-state index contributed by atoms with van der Waals surface area (Å²) in [7, 11) is 0. The zero-order chi connectivity index (χ0) is 89.9. The second-order valence-corrected chi connectivity index (χ2v) is 18.4. The number of aliphatic hydroxyl groups excluding tert-OH is 4. The molecule has 0 fully saturated rings. The van der Waals surface area contributed by atoms with Crippen molar-refractivity contribution in [1.29, 1.82) is 0 Å². The summed E-state index contributed by atoms with van der Waals surface area (Å²) in [5, 5.41) is 104. The topological polar surface area (TPSA) is 286 Å². The van der Waals surface area contributed by atoms with Crippen LogP contribution in [0.2, 0.25) is 0 Å². The van der Waals surface area contributed by atoms with Gasteiger partial charge in [-0.2, -0.15) is 0 Å². The molecule has 12 N–H and O–H groups in total. The highest BCUT2D eigenvalue weighted by molar-refractivity contribution is 6.01. The molecule has 2 atom stereocenters. The Labute approximate surface area is 559 Å². The van der Waals surface area contributed by atoms with Crippen LogP contribution in [0.15, 0.2) is 170 Å². The normalized spacial score (nSPS) is 18.5. The van der Waals surface area contributed by atoms with Gasteiger partial charge >= 0.3 is 11.9 Å². The molecule has 0 aliphatic heterocycles. The van der Waals surface area contributed by atoms with Gasteiger partial charge in [-0.05, 0) is 152 Å². The van der Waals surface area contributed by atoms with Crippen LogP contribution in [0.5, 0.6) is 23.0 Å². The minimum absolute atomic E-state index is 0.0245.